The van der Waals surface area contributed by atoms with Crippen molar-refractivity contribution in [2.75, 3.05) is 0 Å². The number of rotatable bonds is 10. The fourth-order valence-corrected chi connectivity index (χ4v) is 24.8. The molecule has 0 aromatic heterocycles. The van der Waals surface area contributed by atoms with Crippen LogP contribution in [0.1, 0.15) is 0 Å². The summed E-state index contributed by atoms with van der Waals surface area (Å²) in [6.45, 7) is 24.1. The summed E-state index contributed by atoms with van der Waals surface area (Å²) in [5.41, 5.74) is -0.0247. The van der Waals surface area contributed by atoms with Crippen molar-refractivity contribution in [2.45, 2.75) is 84.2 Å². The first kappa shape index (κ1) is 26.1. The quantitative estimate of drug-likeness (QED) is 0.483. The third-order valence-corrected chi connectivity index (χ3v) is 20.8. The Balaban J connectivity index is 5.79. The normalized spacial score (nSPS) is 15.6. The molecule has 0 aliphatic rings. The van der Waals surface area contributed by atoms with Crippen molar-refractivity contribution in [3.63, 3.8) is 0 Å². The zero-order valence-electron chi connectivity index (χ0n) is 18.2. The van der Waals surface area contributed by atoms with E-state index in [2.05, 4.69) is 0 Å². The summed E-state index contributed by atoms with van der Waals surface area (Å²) in [5, 5.41) is 0. The lowest BCUT2D eigenvalue weighted by Gasteiger charge is -2.41. The molecule has 0 aliphatic heterocycles. The summed E-state index contributed by atoms with van der Waals surface area (Å²) in [7, 11) is -15.6. The summed E-state index contributed by atoms with van der Waals surface area (Å²) in [5.74, 6) is 0. The van der Waals surface area contributed by atoms with Gasteiger partial charge in [0, 0.05) is 0 Å². The number of hydrogen-bond acceptors (Lipinski definition) is 6. The Bertz CT molecular complexity index is 362. The minimum atomic E-state index is -3.63. The summed E-state index contributed by atoms with van der Waals surface area (Å²) < 4.78 is 24.5. The smallest absolute Gasteiger partial charge is 0.416 e. The van der Waals surface area contributed by atoms with Gasteiger partial charge in [0.1, 0.15) is 0 Å². The van der Waals surface area contributed by atoms with Gasteiger partial charge < -0.3 is 26.1 Å². The van der Waals surface area contributed by atoms with E-state index < -0.39 is 50.9 Å². The van der Waals surface area contributed by atoms with Crippen LogP contribution in [0.4, 0.5) is 0 Å². The lowest BCUT2D eigenvalue weighted by Crippen LogP contribution is -2.64. The first-order valence-corrected chi connectivity index (χ1v) is 26.4. The van der Waals surface area contributed by atoms with Crippen LogP contribution in [0, 0.1) is 0 Å². The molecule has 0 unspecified atom stereocenters. The molecule has 0 radical (unpaired) electrons. The molecule has 152 valence electrons. The highest BCUT2D eigenvalue weighted by atomic mass is 28.5. The molecule has 6 nitrogen and oxygen atoms in total. The second kappa shape index (κ2) is 8.20. The Hall–Kier alpha value is 1.06. The van der Waals surface area contributed by atoms with E-state index in [1.807, 2.05) is 78.6 Å². The van der Waals surface area contributed by atoms with Crippen LogP contribution in [-0.4, -0.2) is 60.5 Å². The molecule has 12 heteroatoms. The Labute approximate surface area is 161 Å². The van der Waals surface area contributed by atoms with Crippen molar-refractivity contribution in [3.05, 3.63) is 0 Å². The molecule has 0 saturated carbocycles. The van der Waals surface area contributed by atoms with Gasteiger partial charge in [-0.15, -0.1) is 0 Å². The van der Waals surface area contributed by atoms with Crippen LogP contribution in [0.25, 0.3) is 0 Å². The van der Waals surface area contributed by atoms with Crippen LogP contribution < -0.4 is 0 Å². The average Bonchev–Trinajstić information content (AvgIpc) is 1.97. The predicted octanol–water partition coefficient (Wildman–Crippen LogP) is 3.79. The van der Waals surface area contributed by atoms with Crippen molar-refractivity contribution in [3.8, 4) is 0 Å². The van der Waals surface area contributed by atoms with Crippen molar-refractivity contribution >= 4 is 50.9 Å². The summed E-state index contributed by atoms with van der Waals surface area (Å²) in [4.78, 5) is 22.6. The van der Waals surface area contributed by atoms with Gasteiger partial charge in [-0.2, -0.15) is 0 Å². The fourth-order valence-electron chi connectivity index (χ4n) is 2.38. The Kier molecular flexibility index (Phi) is 8.55. The molecule has 0 aromatic rings. The molecule has 0 aromatic carbocycles. The highest BCUT2D eigenvalue weighted by Gasteiger charge is 2.57. The molecule has 0 spiro atoms. The van der Waals surface area contributed by atoms with Gasteiger partial charge in [-0.3, -0.25) is 0 Å². The van der Waals surface area contributed by atoms with Crippen LogP contribution in [0.2, 0.25) is 84.2 Å². The molecule has 0 amide bonds. The van der Waals surface area contributed by atoms with E-state index in [0.29, 0.717) is 0 Å². The van der Waals surface area contributed by atoms with Crippen molar-refractivity contribution < 1.29 is 26.1 Å². The molecular formula is C13H40O6Si6. The van der Waals surface area contributed by atoms with Crippen molar-refractivity contribution in [1.29, 1.82) is 0 Å². The van der Waals surface area contributed by atoms with Gasteiger partial charge >= 0.3 is 17.6 Å². The van der Waals surface area contributed by atoms with Crippen molar-refractivity contribution in [2.24, 2.45) is 0 Å². The third kappa shape index (κ3) is 13.8. The van der Waals surface area contributed by atoms with Gasteiger partial charge in [0.15, 0.2) is 33.3 Å². The van der Waals surface area contributed by atoms with Crippen molar-refractivity contribution in [1.82, 2.24) is 0 Å². The highest BCUT2D eigenvalue weighted by Crippen LogP contribution is 2.30. The fraction of sp³-hybridized carbons (Fsp3) is 1.00. The molecule has 0 heterocycles. The molecule has 0 atom stereocenters. The van der Waals surface area contributed by atoms with E-state index in [-0.39, 0.29) is 5.67 Å². The monoisotopic (exact) mass is 460 g/mol. The minimum Gasteiger partial charge on any atom is -0.416 e. The van der Waals surface area contributed by atoms with Crippen LogP contribution >= 0.6 is 0 Å². The van der Waals surface area contributed by atoms with E-state index in [1.165, 1.54) is 0 Å². The molecule has 0 bridgehead atoms. The molecule has 2 N–H and O–H groups in total. The lowest BCUT2D eigenvalue weighted by atomic mass is 11.8. The van der Waals surface area contributed by atoms with Gasteiger partial charge in [0.2, 0.25) is 0 Å². The zero-order chi connectivity index (χ0) is 20.5. The second-order valence-corrected chi connectivity index (χ2v) is 34.9. The third-order valence-electron chi connectivity index (χ3n) is 2.31. The maximum absolute atomic E-state index is 11.3. The summed E-state index contributed by atoms with van der Waals surface area (Å²) in [6.07, 6.45) is 0. The maximum atomic E-state index is 11.3. The van der Waals surface area contributed by atoms with Gasteiger partial charge in [-0.25, -0.2) is 0 Å². The zero-order valence-corrected chi connectivity index (χ0v) is 24.2. The summed E-state index contributed by atoms with van der Waals surface area (Å²) >= 11 is 0. The second-order valence-electron chi connectivity index (χ2n) is 10.5. The first-order chi connectivity index (χ1) is 10.5. The molecule has 0 saturated heterocycles. The van der Waals surface area contributed by atoms with E-state index >= 15 is 0 Å². The van der Waals surface area contributed by atoms with Gasteiger partial charge in [0.05, 0.1) is 5.67 Å². The molecule has 0 aliphatic carbocycles. The average molecular weight is 461 g/mol. The Morgan fingerprint density at radius 2 is 0.600 bits per heavy atom. The lowest BCUT2D eigenvalue weighted by molar-refractivity contribution is 0.215. The maximum Gasteiger partial charge on any atom is 0.481 e. The summed E-state index contributed by atoms with van der Waals surface area (Å²) in [6, 6.07) is 0. The van der Waals surface area contributed by atoms with Gasteiger partial charge in [-0.05, 0) is 78.6 Å². The minimum absolute atomic E-state index is 0.0247. The molecular weight excluding hydrogens is 421 g/mol. The van der Waals surface area contributed by atoms with Gasteiger partial charge in [-0.1, -0.05) is 0 Å². The largest absolute Gasteiger partial charge is 0.481 e. The van der Waals surface area contributed by atoms with E-state index in [4.69, 9.17) is 16.5 Å². The van der Waals surface area contributed by atoms with Crippen LogP contribution in [0.3, 0.4) is 0 Å². The predicted molar refractivity (Wildman–Crippen MR) is 118 cm³/mol. The van der Waals surface area contributed by atoms with E-state index in [9.17, 15) is 9.59 Å². The molecule has 0 rings (SSSR count). The van der Waals surface area contributed by atoms with E-state index in [0.717, 1.165) is 0 Å². The number of hydrogen-bond donors (Lipinski definition) is 2. The molecule has 25 heavy (non-hydrogen) atoms. The van der Waals surface area contributed by atoms with Crippen LogP contribution in [0.5, 0.6) is 0 Å². The SMILES string of the molecule is C[Si](C)(C)O[Si](O)(C[Si](O)(O[Si](C)(C)C)O[Si](C)(C)C)O[Si](C)(C)C. The standard InChI is InChI=1S/C13H40O6Si6/c1-20(2,3)16-24(14,17-21(4,5)6)13-25(15,18-22(7,8)9)19-23(10,11)12/h14-15H,13H2,1-12H3. The van der Waals surface area contributed by atoms with E-state index in [1.54, 1.807) is 0 Å². The first-order valence-electron chi connectivity index (χ1n) is 8.79. The van der Waals surface area contributed by atoms with Crippen LogP contribution in [-0.2, 0) is 16.5 Å². The Morgan fingerprint density at radius 1 is 0.440 bits per heavy atom. The molecule has 0 fully saturated rings. The topological polar surface area (TPSA) is 77.4 Å². The van der Waals surface area contributed by atoms with Gasteiger partial charge in [0.25, 0.3) is 0 Å². The van der Waals surface area contributed by atoms with Crippen LogP contribution in [0.15, 0.2) is 0 Å². The highest BCUT2D eigenvalue weighted by molar-refractivity contribution is 6.94. The Morgan fingerprint density at radius 3 is 0.720 bits per heavy atom.